The summed E-state index contributed by atoms with van der Waals surface area (Å²) < 4.78 is 0. The summed E-state index contributed by atoms with van der Waals surface area (Å²) in [5.41, 5.74) is 0.455. The lowest BCUT2D eigenvalue weighted by molar-refractivity contribution is 0.107. The van der Waals surface area contributed by atoms with E-state index in [-0.39, 0.29) is 0 Å². The molecule has 0 aliphatic rings. The number of unbranched alkanes of at least 4 members (excludes halogenated alkanes) is 4. The van der Waals surface area contributed by atoms with Gasteiger partial charge in [0.1, 0.15) is 0 Å². The van der Waals surface area contributed by atoms with Gasteiger partial charge in [-0.2, -0.15) is 0 Å². The maximum absolute atomic E-state index is 2.52. The first-order valence-corrected chi connectivity index (χ1v) is 10.6. The number of hydrogen-bond acceptors (Lipinski definition) is 0. The predicted molar refractivity (Wildman–Crippen MR) is 108 cm³/mol. The second-order valence-corrected chi connectivity index (χ2v) is 8.61. The van der Waals surface area contributed by atoms with Crippen LogP contribution in [0.25, 0.3) is 0 Å². The topological polar surface area (TPSA) is 0 Å². The molecule has 0 heterocycles. The van der Waals surface area contributed by atoms with E-state index in [1.54, 1.807) is 0 Å². The highest BCUT2D eigenvalue weighted by Crippen LogP contribution is 2.42. The minimum Gasteiger partial charge on any atom is -0.0883 e. The van der Waals surface area contributed by atoms with E-state index in [4.69, 9.17) is 0 Å². The molecule has 23 heavy (non-hydrogen) atoms. The lowest BCUT2D eigenvalue weighted by Crippen LogP contribution is -2.31. The lowest BCUT2D eigenvalue weighted by atomic mass is 9.65. The van der Waals surface area contributed by atoms with Crippen molar-refractivity contribution in [3.8, 4) is 0 Å². The molecule has 0 aromatic carbocycles. The molecule has 3 atom stereocenters. The van der Waals surface area contributed by atoms with Gasteiger partial charge in [0.2, 0.25) is 0 Å². The quantitative estimate of drug-likeness (QED) is 0.222. The zero-order valence-corrected chi connectivity index (χ0v) is 17.5. The molecular formula is C23H46. The summed E-state index contributed by atoms with van der Waals surface area (Å²) in [6.07, 6.45) is 18.5. The summed E-state index contributed by atoms with van der Waals surface area (Å²) in [7, 11) is 0. The van der Waals surface area contributed by atoms with Crippen LogP contribution in [0.2, 0.25) is 0 Å². The lowest BCUT2D eigenvalue weighted by Gasteiger charge is -2.40. The standard InChI is InChI=1S/C23H46/c1-8-11-12-13-14-15-18-20(4)19-23(6,7)22(17-10-3)21(5)16-9-2/h15,18,20-22H,8-14,16-17,19H2,1-7H3. The van der Waals surface area contributed by atoms with Gasteiger partial charge >= 0.3 is 0 Å². The molecule has 0 fully saturated rings. The van der Waals surface area contributed by atoms with E-state index in [1.807, 2.05) is 0 Å². The highest BCUT2D eigenvalue weighted by molar-refractivity contribution is 4.91. The van der Waals surface area contributed by atoms with Gasteiger partial charge < -0.3 is 0 Å². The monoisotopic (exact) mass is 322 g/mol. The smallest absolute Gasteiger partial charge is 0.0257 e. The number of hydrogen-bond donors (Lipinski definition) is 0. The van der Waals surface area contributed by atoms with Gasteiger partial charge in [-0.1, -0.05) is 99.1 Å². The third-order valence-electron chi connectivity index (χ3n) is 5.57. The van der Waals surface area contributed by atoms with Crippen molar-refractivity contribution >= 4 is 0 Å². The molecule has 0 aliphatic heterocycles. The molecule has 138 valence electrons. The van der Waals surface area contributed by atoms with Gasteiger partial charge in [0, 0.05) is 0 Å². The normalized spacial score (nSPS) is 16.7. The highest BCUT2D eigenvalue weighted by atomic mass is 14.4. The third kappa shape index (κ3) is 10.3. The average molecular weight is 323 g/mol. The van der Waals surface area contributed by atoms with Crippen molar-refractivity contribution in [3.05, 3.63) is 12.2 Å². The average Bonchev–Trinajstić information content (AvgIpc) is 2.47. The fourth-order valence-electron chi connectivity index (χ4n) is 4.48. The van der Waals surface area contributed by atoms with E-state index in [1.165, 1.54) is 64.2 Å². The fourth-order valence-corrected chi connectivity index (χ4v) is 4.48. The predicted octanol–water partition coefficient (Wildman–Crippen LogP) is 8.42. The van der Waals surface area contributed by atoms with Crippen molar-refractivity contribution in [1.82, 2.24) is 0 Å². The van der Waals surface area contributed by atoms with Crippen molar-refractivity contribution in [1.29, 1.82) is 0 Å². The third-order valence-corrected chi connectivity index (χ3v) is 5.57. The Bertz CT molecular complexity index is 286. The molecule has 0 nitrogen and oxygen atoms in total. The van der Waals surface area contributed by atoms with Gasteiger partial charge in [0.15, 0.2) is 0 Å². The first-order valence-electron chi connectivity index (χ1n) is 10.6. The Kier molecular flexibility index (Phi) is 12.9. The molecule has 0 amide bonds. The zero-order valence-electron chi connectivity index (χ0n) is 17.5. The SMILES string of the molecule is CCCCCCC=CC(C)CC(C)(C)C(CCC)C(C)CCC. The van der Waals surface area contributed by atoms with Crippen LogP contribution in [0, 0.1) is 23.2 Å². The molecule has 0 bridgehead atoms. The van der Waals surface area contributed by atoms with Crippen molar-refractivity contribution in [2.24, 2.45) is 23.2 Å². The summed E-state index contributed by atoms with van der Waals surface area (Å²) >= 11 is 0. The summed E-state index contributed by atoms with van der Waals surface area (Å²) in [5, 5.41) is 0. The molecule has 0 radical (unpaired) electrons. The second kappa shape index (κ2) is 13.1. The van der Waals surface area contributed by atoms with E-state index in [0.29, 0.717) is 11.3 Å². The summed E-state index contributed by atoms with van der Waals surface area (Å²) in [4.78, 5) is 0. The van der Waals surface area contributed by atoms with Crippen LogP contribution >= 0.6 is 0 Å². The van der Waals surface area contributed by atoms with E-state index in [9.17, 15) is 0 Å². The van der Waals surface area contributed by atoms with Crippen LogP contribution in [-0.4, -0.2) is 0 Å². The Hall–Kier alpha value is -0.260. The first kappa shape index (κ1) is 22.7. The van der Waals surface area contributed by atoms with E-state index >= 15 is 0 Å². The maximum Gasteiger partial charge on any atom is -0.0257 e. The molecule has 0 saturated carbocycles. The Morgan fingerprint density at radius 1 is 0.826 bits per heavy atom. The maximum atomic E-state index is 2.52. The first-order chi connectivity index (χ1) is 10.9. The van der Waals surface area contributed by atoms with Crippen LogP contribution in [0.15, 0.2) is 12.2 Å². The molecule has 0 rings (SSSR count). The molecule has 0 spiro atoms. The van der Waals surface area contributed by atoms with Crippen LogP contribution < -0.4 is 0 Å². The Labute approximate surface area is 148 Å². The Morgan fingerprint density at radius 3 is 2.04 bits per heavy atom. The van der Waals surface area contributed by atoms with Crippen molar-refractivity contribution in [3.63, 3.8) is 0 Å². The molecule has 3 unspecified atom stereocenters. The van der Waals surface area contributed by atoms with Crippen LogP contribution in [0.5, 0.6) is 0 Å². The summed E-state index contributed by atoms with van der Waals surface area (Å²) in [6, 6.07) is 0. The zero-order chi connectivity index (χ0) is 17.7. The van der Waals surface area contributed by atoms with Crippen LogP contribution in [0.4, 0.5) is 0 Å². The van der Waals surface area contributed by atoms with Crippen molar-refractivity contribution in [2.75, 3.05) is 0 Å². The number of rotatable bonds is 14. The fraction of sp³-hybridized carbons (Fsp3) is 0.913. The van der Waals surface area contributed by atoms with Crippen molar-refractivity contribution < 1.29 is 0 Å². The van der Waals surface area contributed by atoms with Gasteiger partial charge in [-0.3, -0.25) is 0 Å². The minimum atomic E-state index is 0.455. The summed E-state index contributed by atoms with van der Waals surface area (Å²) in [6.45, 7) is 16.9. The van der Waals surface area contributed by atoms with E-state index < -0.39 is 0 Å². The molecule has 0 aliphatic carbocycles. The van der Waals surface area contributed by atoms with Gasteiger partial charge in [0.05, 0.1) is 0 Å². The van der Waals surface area contributed by atoms with Crippen LogP contribution in [-0.2, 0) is 0 Å². The van der Waals surface area contributed by atoms with Crippen LogP contribution in [0.3, 0.4) is 0 Å². The van der Waals surface area contributed by atoms with Gasteiger partial charge in [0.25, 0.3) is 0 Å². The van der Waals surface area contributed by atoms with Gasteiger partial charge in [-0.25, -0.2) is 0 Å². The van der Waals surface area contributed by atoms with Gasteiger partial charge in [-0.15, -0.1) is 0 Å². The minimum absolute atomic E-state index is 0.455. The Balaban J connectivity index is 4.45. The number of allylic oxidation sites excluding steroid dienone is 2. The van der Waals surface area contributed by atoms with E-state index in [0.717, 1.165) is 11.8 Å². The summed E-state index contributed by atoms with van der Waals surface area (Å²) in [5.74, 6) is 2.44. The largest absolute Gasteiger partial charge is 0.0883 e. The molecule has 0 N–H and O–H groups in total. The van der Waals surface area contributed by atoms with Crippen LogP contribution in [0.1, 0.15) is 113 Å². The molecule has 0 aromatic heterocycles. The van der Waals surface area contributed by atoms with Gasteiger partial charge in [-0.05, 0) is 48.9 Å². The highest BCUT2D eigenvalue weighted by Gasteiger charge is 2.33. The van der Waals surface area contributed by atoms with E-state index in [2.05, 4.69) is 60.6 Å². The van der Waals surface area contributed by atoms with Crippen molar-refractivity contribution in [2.45, 2.75) is 113 Å². The second-order valence-electron chi connectivity index (χ2n) is 8.61. The Morgan fingerprint density at radius 2 is 1.48 bits per heavy atom. The molecule has 0 aromatic rings. The molecule has 0 saturated heterocycles. The molecular weight excluding hydrogens is 276 g/mol. The molecule has 0 heteroatoms.